The van der Waals surface area contributed by atoms with Gasteiger partial charge in [0.1, 0.15) is 0 Å². The van der Waals surface area contributed by atoms with Crippen molar-refractivity contribution in [2.45, 2.75) is 37.4 Å². The lowest BCUT2D eigenvalue weighted by Crippen LogP contribution is -2.39. The van der Waals surface area contributed by atoms with Gasteiger partial charge in [0.25, 0.3) is 0 Å². The van der Waals surface area contributed by atoms with Crippen LogP contribution in [0.3, 0.4) is 0 Å². The first-order valence-electron chi connectivity index (χ1n) is 12.7. The Morgan fingerprint density at radius 2 is 1.70 bits per heavy atom. The summed E-state index contributed by atoms with van der Waals surface area (Å²) in [6, 6.07) is 27.0. The van der Waals surface area contributed by atoms with Crippen LogP contribution in [0.15, 0.2) is 103 Å². The molecule has 2 N–H and O–H groups in total. The molecule has 37 heavy (non-hydrogen) atoms. The summed E-state index contributed by atoms with van der Waals surface area (Å²) in [4.78, 5) is 32.8. The maximum atomic E-state index is 13.5. The fourth-order valence-electron chi connectivity index (χ4n) is 5.20. The highest BCUT2D eigenvalue weighted by Crippen LogP contribution is 2.49. The van der Waals surface area contributed by atoms with Crippen LogP contribution >= 0.6 is 0 Å². The molecule has 0 aromatic heterocycles. The molecule has 1 saturated carbocycles. The van der Waals surface area contributed by atoms with Crippen LogP contribution in [-0.2, 0) is 16.1 Å². The molecule has 5 rings (SSSR count). The molecule has 1 saturated heterocycles. The second kappa shape index (κ2) is 10.5. The number of carboxylic acid groups (broad SMARTS) is 1. The molecule has 6 nitrogen and oxygen atoms in total. The summed E-state index contributed by atoms with van der Waals surface area (Å²) in [5.74, 6) is -1.25. The number of benzene rings is 3. The van der Waals surface area contributed by atoms with Gasteiger partial charge in [0.2, 0.25) is 5.91 Å². The Labute approximate surface area is 217 Å². The molecular formula is C31H31N3O3. The summed E-state index contributed by atoms with van der Waals surface area (Å²) in [6.07, 6.45) is 3.83. The average Bonchev–Trinajstić information content (AvgIpc) is 3.47. The average molecular weight is 494 g/mol. The van der Waals surface area contributed by atoms with E-state index >= 15 is 0 Å². The molecule has 3 aromatic rings. The molecule has 1 heterocycles. The van der Waals surface area contributed by atoms with Crippen molar-refractivity contribution in [3.63, 3.8) is 0 Å². The number of carbonyl (C=O) groups excluding carboxylic acids is 1. The van der Waals surface area contributed by atoms with Crippen LogP contribution in [0.4, 0.5) is 5.69 Å². The van der Waals surface area contributed by atoms with E-state index < -0.39 is 11.5 Å². The van der Waals surface area contributed by atoms with E-state index in [-0.39, 0.29) is 17.9 Å². The number of carboxylic acids is 1. The third kappa shape index (κ3) is 5.11. The van der Waals surface area contributed by atoms with E-state index in [1.807, 2.05) is 72.8 Å². The van der Waals surface area contributed by atoms with Crippen LogP contribution in [-0.4, -0.2) is 45.7 Å². The number of hydrogen-bond donors (Lipinski definition) is 2. The van der Waals surface area contributed by atoms with E-state index in [1.165, 1.54) is 5.56 Å². The van der Waals surface area contributed by atoms with Crippen LogP contribution in [0, 0.1) is 5.92 Å². The Hall–Kier alpha value is -4.03. The van der Waals surface area contributed by atoms with E-state index in [2.05, 4.69) is 28.9 Å². The van der Waals surface area contributed by atoms with Gasteiger partial charge in [-0.3, -0.25) is 14.7 Å². The van der Waals surface area contributed by atoms with E-state index in [4.69, 9.17) is 4.99 Å². The first kappa shape index (κ1) is 24.7. The Balaban J connectivity index is 1.46. The monoisotopic (exact) mass is 493 g/mol. The zero-order valence-electron chi connectivity index (χ0n) is 20.7. The van der Waals surface area contributed by atoms with Crippen LogP contribution in [0.25, 0.3) is 0 Å². The number of carbonyl (C=O) groups is 2. The Kier molecular flexibility index (Phi) is 7.01. The number of rotatable bonds is 9. The van der Waals surface area contributed by atoms with E-state index in [9.17, 15) is 14.7 Å². The number of amides is 1. The summed E-state index contributed by atoms with van der Waals surface area (Å²) in [6.45, 7) is 5.39. The van der Waals surface area contributed by atoms with Gasteiger partial charge in [0, 0.05) is 23.6 Å². The number of likely N-dealkylation sites (tertiary alicyclic amines) is 1. The minimum Gasteiger partial charge on any atom is -0.479 e. The highest BCUT2D eigenvalue weighted by atomic mass is 16.4. The molecule has 1 amide bonds. The minimum atomic E-state index is -1.23. The zero-order valence-corrected chi connectivity index (χ0v) is 20.7. The molecule has 6 heteroatoms. The maximum Gasteiger partial charge on any atom is 0.332 e. The van der Waals surface area contributed by atoms with Crippen molar-refractivity contribution in [3.05, 3.63) is 114 Å². The summed E-state index contributed by atoms with van der Waals surface area (Å²) in [7, 11) is 0. The van der Waals surface area contributed by atoms with Gasteiger partial charge >= 0.3 is 5.97 Å². The van der Waals surface area contributed by atoms with Gasteiger partial charge in [0.05, 0.1) is 17.4 Å². The minimum absolute atomic E-state index is 0.0587. The van der Waals surface area contributed by atoms with Gasteiger partial charge in [-0.05, 0) is 37.4 Å². The first-order valence-corrected chi connectivity index (χ1v) is 12.7. The maximum absolute atomic E-state index is 13.5. The molecule has 2 aliphatic rings. The molecule has 0 radical (unpaired) electrons. The van der Waals surface area contributed by atoms with Gasteiger partial charge in [-0.1, -0.05) is 84.9 Å². The van der Waals surface area contributed by atoms with Gasteiger partial charge in [-0.25, -0.2) is 4.79 Å². The van der Waals surface area contributed by atoms with E-state index in [0.717, 1.165) is 31.5 Å². The molecule has 3 atom stereocenters. The van der Waals surface area contributed by atoms with Crippen molar-refractivity contribution in [1.29, 1.82) is 0 Å². The Bertz CT molecular complexity index is 1320. The smallest absolute Gasteiger partial charge is 0.332 e. The fraction of sp³-hybridized carbons (Fsp3) is 0.258. The van der Waals surface area contributed by atoms with Gasteiger partial charge < -0.3 is 10.4 Å². The number of aliphatic carboxylic acids is 1. The first-order chi connectivity index (χ1) is 18.0. The molecule has 1 unspecified atom stereocenters. The van der Waals surface area contributed by atoms with Crippen molar-refractivity contribution in [1.82, 2.24) is 4.90 Å². The van der Waals surface area contributed by atoms with Crippen molar-refractivity contribution in [2.24, 2.45) is 10.9 Å². The lowest BCUT2D eigenvalue weighted by molar-refractivity contribution is -0.139. The molecule has 1 aliphatic carbocycles. The third-order valence-corrected chi connectivity index (χ3v) is 7.33. The number of nitrogens with one attached hydrogen (secondary N) is 1. The van der Waals surface area contributed by atoms with Gasteiger partial charge in [-0.15, -0.1) is 6.58 Å². The molecule has 3 aromatic carbocycles. The Morgan fingerprint density at radius 1 is 1.03 bits per heavy atom. The number of hydrogen-bond acceptors (Lipinski definition) is 4. The van der Waals surface area contributed by atoms with Crippen LogP contribution < -0.4 is 5.32 Å². The highest BCUT2D eigenvalue weighted by Gasteiger charge is 2.60. The second-order valence-electron chi connectivity index (χ2n) is 9.75. The molecule has 0 spiro atoms. The normalized spacial score (nSPS) is 23.4. The topological polar surface area (TPSA) is 82.0 Å². The third-order valence-electron chi connectivity index (χ3n) is 7.33. The van der Waals surface area contributed by atoms with Gasteiger partial charge in [-0.2, -0.15) is 0 Å². The van der Waals surface area contributed by atoms with Crippen LogP contribution in [0.1, 0.15) is 36.0 Å². The summed E-state index contributed by atoms with van der Waals surface area (Å²) >= 11 is 0. The second-order valence-corrected chi connectivity index (χ2v) is 9.75. The predicted molar refractivity (Wildman–Crippen MR) is 146 cm³/mol. The summed E-state index contributed by atoms with van der Waals surface area (Å²) in [5, 5.41) is 13.2. The Morgan fingerprint density at radius 3 is 2.38 bits per heavy atom. The lowest BCUT2D eigenvalue weighted by Gasteiger charge is -2.24. The van der Waals surface area contributed by atoms with Crippen LogP contribution in [0.2, 0.25) is 0 Å². The van der Waals surface area contributed by atoms with Crippen molar-refractivity contribution >= 4 is 23.3 Å². The SMILES string of the molecule is C=C[C@@H]1C[C@]1(N=C(c1ccccc1)c1ccccc1NC(=O)C1CCCN1Cc1ccccc1)C(=O)O. The standard InChI is InChI=1S/C31H31N3O3/c1-2-24-20-31(24,30(36)37)33-28(23-14-7-4-8-15-23)25-16-9-10-17-26(25)32-29(35)27-18-11-19-34(27)21-22-12-5-3-6-13-22/h2-10,12-17,24,27H,1,11,18-21H2,(H,32,35)(H,36,37)/t24-,27?,31-/m1/s1. The number of nitrogens with zero attached hydrogens (tertiary/aromatic N) is 2. The van der Waals surface area contributed by atoms with Crippen molar-refractivity contribution in [3.8, 4) is 0 Å². The summed E-state index contributed by atoms with van der Waals surface area (Å²) < 4.78 is 0. The fourth-order valence-corrected chi connectivity index (χ4v) is 5.20. The number of anilines is 1. The van der Waals surface area contributed by atoms with E-state index in [1.54, 1.807) is 6.08 Å². The molecule has 2 fully saturated rings. The predicted octanol–water partition coefficient (Wildman–Crippen LogP) is 5.16. The van der Waals surface area contributed by atoms with E-state index in [0.29, 0.717) is 23.4 Å². The summed E-state index contributed by atoms with van der Waals surface area (Å²) in [5.41, 5.74) is 2.62. The van der Waals surface area contributed by atoms with Crippen molar-refractivity contribution in [2.75, 3.05) is 11.9 Å². The number of aliphatic imine (C=N–C) groups is 1. The highest BCUT2D eigenvalue weighted by molar-refractivity contribution is 6.18. The molecular weight excluding hydrogens is 462 g/mol. The molecule has 0 bridgehead atoms. The number of para-hydroxylation sites is 1. The largest absolute Gasteiger partial charge is 0.479 e. The molecule has 1 aliphatic heterocycles. The van der Waals surface area contributed by atoms with Crippen LogP contribution in [0.5, 0.6) is 0 Å². The zero-order chi connectivity index (χ0) is 25.8. The quantitative estimate of drug-likeness (QED) is 0.319. The lowest BCUT2D eigenvalue weighted by atomic mass is 9.99. The van der Waals surface area contributed by atoms with Gasteiger partial charge in [0.15, 0.2) is 5.54 Å². The molecule has 188 valence electrons. The van der Waals surface area contributed by atoms with Crippen molar-refractivity contribution < 1.29 is 14.7 Å².